The topological polar surface area (TPSA) is 255 Å². The van der Waals surface area contributed by atoms with Crippen molar-refractivity contribution >= 4 is 5.97 Å². The number of carbonyl (C=O) groups is 1. The van der Waals surface area contributed by atoms with Crippen molar-refractivity contribution in [1.29, 1.82) is 0 Å². The predicted molar refractivity (Wildman–Crippen MR) is 76.7 cm³/mol. The van der Waals surface area contributed by atoms with Crippen LogP contribution < -0.4 is 5.73 Å². The molecule has 0 radical (unpaired) electrons. The normalized spacial score (nSPS) is 34.2. The first-order chi connectivity index (χ1) is 11.5. The summed E-state index contributed by atoms with van der Waals surface area (Å²) in [4.78, 5) is 10.1. The Kier molecular flexibility index (Phi) is 10.5. The van der Waals surface area contributed by atoms with Crippen LogP contribution in [0.25, 0.3) is 0 Å². The zero-order valence-electron chi connectivity index (χ0n) is 13.0. The van der Waals surface area contributed by atoms with Crippen LogP contribution in [0.4, 0.5) is 0 Å². The molecule has 0 spiro atoms. The van der Waals surface area contributed by atoms with Crippen molar-refractivity contribution in [3.05, 3.63) is 0 Å². The third-order valence-corrected chi connectivity index (χ3v) is 3.46. The van der Waals surface area contributed by atoms with Gasteiger partial charge in [0, 0.05) is 0 Å². The molecule has 0 bridgehead atoms. The first kappa shape index (κ1) is 24.0. The maximum absolute atomic E-state index is 10.1. The Labute approximate surface area is 141 Å². The van der Waals surface area contributed by atoms with Crippen LogP contribution >= 0.6 is 0 Å². The molecule has 12 N–H and O–H groups in total. The smallest absolute Gasteiger partial charge is 0.335 e. The van der Waals surface area contributed by atoms with Gasteiger partial charge in [0.1, 0.15) is 36.6 Å². The molecule has 1 fully saturated rings. The number of aliphatic carboxylic acids is 1. The highest BCUT2D eigenvalue weighted by Crippen LogP contribution is 2.17. The molecule has 1 saturated heterocycles. The minimum absolute atomic E-state index is 0.470. The van der Waals surface area contributed by atoms with Crippen LogP contribution in [0.1, 0.15) is 0 Å². The van der Waals surface area contributed by atoms with E-state index in [0.717, 1.165) is 0 Å². The largest absolute Gasteiger partial charge is 0.479 e. The molecule has 0 amide bonds. The Morgan fingerprint density at radius 2 is 1.52 bits per heavy atom. The highest BCUT2D eigenvalue weighted by atomic mass is 16.6. The summed E-state index contributed by atoms with van der Waals surface area (Å²) in [6.07, 6.45) is -12.7. The molecular weight excluding hydrogens is 350 g/mol. The van der Waals surface area contributed by atoms with Crippen LogP contribution in [-0.4, -0.2) is 125 Å². The molecule has 1 heterocycles. The first-order valence-corrected chi connectivity index (χ1v) is 7.11. The molecule has 0 aromatic carbocycles. The number of rotatable bonds is 6. The van der Waals surface area contributed by atoms with E-state index in [2.05, 4.69) is 0 Å². The Morgan fingerprint density at radius 3 is 1.92 bits per heavy atom. The lowest BCUT2D eigenvalue weighted by Gasteiger charge is -2.38. The third kappa shape index (κ3) is 6.69. The van der Waals surface area contributed by atoms with Gasteiger partial charge in [0.25, 0.3) is 0 Å². The Morgan fingerprint density at radius 1 is 1.00 bits per heavy atom. The SMILES string of the molecule is N[C@H]1C(O)O[C@H](CO)[C@@H](O)[C@@H]1O.O=C(O)C(O)C(O)C(O)C(O)CO. The fraction of sp³-hybridized carbons (Fsp3) is 0.917. The van der Waals surface area contributed by atoms with Gasteiger partial charge in [-0.2, -0.15) is 0 Å². The fourth-order valence-electron chi connectivity index (χ4n) is 1.79. The second-order valence-electron chi connectivity index (χ2n) is 5.32. The van der Waals surface area contributed by atoms with Gasteiger partial charge in [0.2, 0.25) is 0 Å². The number of nitrogens with two attached hydrogens (primary N) is 1. The van der Waals surface area contributed by atoms with Crippen LogP contribution in [-0.2, 0) is 9.53 Å². The first-order valence-electron chi connectivity index (χ1n) is 7.11. The van der Waals surface area contributed by atoms with Crippen LogP contribution in [0, 0.1) is 0 Å². The van der Waals surface area contributed by atoms with Crippen LogP contribution in [0.5, 0.6) is 0 Å². The van der Waals surface area contributed by atoms with Gasteiger partial charge in [-0.05, 0) is 0 Å². The molecule has 150 valence electrons. The zero-order chi connectivity index (χ0) is 19.9. The molecule has 25 heavy (non-hydrogen) atoms. The lowest BCUT2D eigenvalue weighted by Crippen LogP contribution is -2.61. The maximum atomic E-state index is 10.1. The second-order valence-corrected chi connectivity index (χ2v) is 5.32. The van der Waals surface area contributed by atoms with Crippen molar-refractivity contribution in [2.75, 3.05) is 13.2 Å². The van der Waals surface area contributed by atoms with E-state index in [4.69, 9.17) is 51.3 Å². The molecule has 0 aromatic heterocycles. The van der Waals surface area contributed by atoms with Gasteiger partial charge in [-0.3, -0.25) is 0 Å². The number of hydrogen-bond donors (Lipinski definition) is 11. The van der Waals surface area contributed by atoms with Crippen LogP contribution in [0.15, 0.2) is 0 Å². The minimum atomic E-state index is -2.20. The number of carboxylic acid groups (broad SMARTS) is 1. The number of ether oxygens (including phenoxy) is 1. The molecule has 0 saturated carbocycles. The average molecular weight is 375 g/mol. The molecular formula is C12H25NO12. The van der Waals surface area contributed by atoms with Crippen molar-refractivity contribution in [2.24, 2.45) is 5.73 Å². The van der Waals surface area contributed by atoms with Crippen molar-refractivity contribution in [3.8, 4) is 0 Å². The summed E-state index contributed by atoms with van der Waals surface area (Å²) in [6.45, 7) is -1.31. The standard InChI is InChI=1S/C6H13NO5.C6H12O7/c7-3-5(10)4(9)2(1-8)12-6(3)11;7-1-2(8)3(9)4(10)5(11)6(12)13/h2-6,8-11H,1,7H2;2-5,7-11H,1H2,(H,12,13)/t2-,3-,4-,5-,6?;/m1./s1. The molecule has 1 rings (SSSR count). The van der Waals surface area contributed by atoms with E-state index >= 15 is 0 Å². The number of aliphatic hydroxyl groups excluding tert-OH is 9. The zero-order valence-corrected chi connectivity index (χ0v) is 13.0. The average Bonchev–Trinajstić information content (AvgIpc) is 2.60. The number of hydrogen-bond acceptors (Lipinski definition) is 12. The van der Waals surface area contributed by atoms with Crippen molar-refractivity contribution in [2.45, 2.75) is 55.1 Å². The van der Waals surface area contributed by atoms with Gasteiger partial charge < -0.3 is 61.5 Å². The monoisotopic (exact) mass is 375 g/mol. The summed E-state index contributed by atoms with van der Waals surface area (Å²) < 4.78 is 4.70. The van der Waals surface area contributed by atoms with Crippen LogP contribution in [0.2, 0.25) is 0 Å². The van der Waals surface area contributed by atoms with Gasteiger partial charge in [-0.15, -0.1) is 0 Å². The lowest BCUT2D eigenvalue weighted by molar-refractivity contribution is -0.248. The molecule has 13 heteroatoms. The molecule has 0 aromatic rings. The molecule has 9 atom stereocenters. The fourth-order valence-corrected chi connectivity index (χ4v) is 1.79. The minimum Gasteiger partial charge on any atom is -0.479 e. The number of carboxylic acids is 1. The second kappa shape index (κ2) is 10.9. The lowest BCUT2D eigenvalue weighted by atomic mass is 9.98. The summed E-state index contributed by atoms with van der Waals surface area (Å²) in [6, 6.07) is -1.04. The predicted octanol–water partition coefficient (Wildman–Crippen LogP) is -6.75. The molecule has 0 aliphatic carbocycles. The van der Waals surface area contributed by atoms with Crippen LogP contribution in [0.3, 0.4) is 0 Å². The summed E-state index contributed by atoms with van der Waals surface area (Å²) in [5.41, 5.74) is 5.26. The number of aliphatic hydroxyl groups is 9. The van der Waals surface area contributed by atoms with E-state index in [-0.39, 0.29) is 0 Å². The van der Waals surface area contributed by atoms with E-state index in [1.807, 2.05) is 0 Å². The maximum Gasteiger partial charge on any atom is 0.335 e. The summed E-state index contributed by atoms with van der Waals surface area (Å²) in [7, 11) is 0. The van der Waals surface area contributed by atoms with Gasteiger partial charge >= 0.3 is 5.97 Å². The summed E-state index contributed by atoms with van der Waals surface area (Å²) in [5, 5.41) is 87.9. The van der Waals surface area contributed by atoms with E-state index in [9.17, 15) is 15.0 Å². The van der Waals surface area contributed by atoms with E-state index in [1.54, 1.807) is 0 Å². The Bertz CT molecular complexity index is 394. The highest BCUT2D eigenvalue weighted by molar-refractivity contribution is 5.72. The van der Waals surface area contributed by atoms with Gasteiger partial charge in [-0.1, -0.05) is 0 Å². The summed E-state index contributed by atoms with van der Waals surface area (Å²) >= 11 is 0. The van der Waals surface area contributed by atoms with E-state index < -0.39 is 74.2 Å². The van der Waals surface area contributed by atoms with E-state index in [1.165, 1.54) is 0 Å². The Balaban J connectivity index is 0.000000462. The van der Waals surface area contributed by atoms with Gasteiger partial charge in [0.15, 0.2) is 12.4 Å². The van der Waals surface area contributed by atoms with Crippen molar-refractivity contribution in [3.63, 3.8) is 0 Å². The van der Waals surface area contributed by atoms with Crippen molar-refractivity contribution in [1.82, 2.24) is 0 Å². The highest BCUT2D eigenvalue weighted by Gasteiger charge is 2.41. The van der Waals surface area contributed by atoms with Crippen molar-refractivity contribution < 1.29 is 60.6 Å². The molecule has 13 nitrogen and oxygen atoms in total. The van der Waals surface area contributed by atoms with Gasteiger partial charge in [-0.25, -0.2) is 4.79 Å². The molecule has 5 unspecified atom stereocenters. The third-order valence-electron chi connectivity index (χ3n) is 3.46. The Hall–Kier alpha value is -0.970. The quantitative estimate of drug-likeness (QED) is 0.206. The van der Waals surface area contributed by atoms with Gasteiger partial charge in [0.05, 0.1) is 19.3 Å². The van der Waals surface area contributed by atoms with E-state index in [0.29, 0.717) is 0 Å². The molecule has 1 aliphatic heterocycles. The summed E-state index contributed by atoms with van der Waals surface area (Å²) in [5.74, 6) is -1.73. The molecule has 1 aliphatic rings.